The Morgan fingerprint density at radius 1 is 1.24 bits per heavy atom. The number of aromatic carboxylic acids is 1. The molecule has 0 aliphatic rings. The van der Waals surface area contributed by atoms with Crippen LogP contribution >= 0.6 is 0 Å². The fraction of sp³-hybridized carbons (Fsp3) is 0.235. The lowest BCUT2D eigenvalue weighted by Gasteiger charge is -2.12. The zero-order chi connectivity index (χ0) is 15.4. The van der Waals surface area contributed by atoms with Gasteiger partial charge in [0.05, 0.1) is 0 Å². The van der Waals surface area contributed by atoms with E-state index >= 15 is 0 Å². The Kier molecular flexibility index (Phi) is 4.48. The number of nitrogens with two attached hydrogens (primary N) is 1. The lowest BCUT2D eigenvalue weighted by molar-refractivity contribution is 0.0694. The van der Waals surface area contributed by atoms with E-state index in [9.17, 15) is 9.90 Å². The van der Waals surface area contributed by atoms with Gasteiger partial charge in [0.15, 0.2) is 0 Å². The number of carbonyl (C=O) groups is 1. The Bertz CT molecular complexity index is 635. The third-order valence-corrected chi connectivity index (χ3v) is 3.52. The minimum atomic E-state index is -1.06. The Morgan fingerprint density at radius 3 is 2.48 bits per heavy atom. The van der Waals surface area contributed by atoms with Crippen molar-refractivity contribution < 1.29 is 14.6 Å². The average Bonchev–Trinajstić information content (AvgIpc) is 2.49. The van der Waals surface area contributed by atoms with Crippen LogP contribution in [0.2, 0.25) is 0 Å². The number of carboxylic acid groups (broad SMARTS) is 1. The van der Waals surface area contributed by atoms with Gasteiger partial charge in [0.25, 0.3) is 0 Å². The van der Waals surface area contributed by atoms with E-state index < -0.39 is 5.97 Å². The van der Waals surface area contributed by atoms with Gasteiger partial charge in [-0.05, 0) is 48.2 Å². The highest BCUT2D eigenvalue weighted by molar-refractivity contribution is 5.92. The summed E-state index contributed by atoms with van der Waals surface area (Å²) in [5.41, 5.74) is 7.30. The van der Waals surface area contributed by atoms with Crippen LogP contribution in [0.15, 0.2) is 42.5 Å². The van der Waals surface area contributed by atoms with Crippen LogP contribution in [0, 0.1) is 0 Å². The summed E-state index contributed by atoms with van der Waals surface area (Å²) in [5, 5.41) is 9.18. The number of nitrogen functional groups attached to an aromatic ring is 1. The zero-order valence-electron chi connectivity index (χ0n) is 12.2. The summed E-state index contributed by atoms with van der Waals surface area (Å²) in [5.74, 6) is 0.320. The number of rotatable bonds is 5. The highest BCUT2D eigenvalue weighted by Crippen LogP contribution is 2.28. The van der Waals surface area contributed by atoms with Crippen LogP contribution in [-0.4, -0.2) is 11.1 Å². The zero-order valence-corrected chi connectivity index (χ0v) is 12.2. The van der Waals surface area contributed by atoms with Crippen molar-refractivity contribution in [1.82, 2.24) is 0 Å². The first kappa shape index (κ1) is 14.9. The van der Waals surface area contributed by atoms with Crippen LogP contribution in [0.3, 0.4) is 0 Å². The van der Waals surface area contributed by atoms with E-state index in [0.717, 1.165) is 6.42 Å². The van der Waals surface area contributed by atoms with Gasteiger partial charge in [0, 0.05) is 5.69 Å². The van der Waals surface area contributed by atoms with Gasteiger partial charge in [-0.15, -0.1) is 0 Å². The molecule has 0 saturated carbocycles. The standard InChI is InChI=1S/C17H19NO3/c1-3-11(2)12-4-7-14(8-5-12)21-16-9-6-13(18)10-15(16)17(19)20/h4-11H,3,18H2,1-2H3,(H,19,20). The number of hydrogen-bond donors (Lipinski definition) is 2. The van der Waals surface area contributed by atoms with E-state index in [0.29, 0.717) is 17.4 Å². The molecule has 21 heavy (non-hydrogen) atoms. The van der Waals surface area contributed by atoms with Gasteiger partial charge in [-0.2, -0.15) is 0 Å². The lowest BCUT2D eigenvalue weighted by atomic mass is 9.99. The number of ether oxygens (including phenoxy) is 1. The highest BCUT2D eigenvalue weighted by Gasteiger charge is 2.12. The molecule has 0 aliphatic heterocycles. The third kappa shape index (κ3) is 3.54. The second-order valence-electron chi connectivity index (χ2n) is 5.04. The van der Waals surface area contributed by atoms with Gasteiger partial charge in [-0.3, -0.25) is 0 Å². The Labute approximate surface area is 124 Å². The minimum absolute atomic E-state index is 0.0565. The molecule has 110 valence electrons. The summed E-state index contributed by atoms with van der Waals surface area (Å²) in [6, 6.07) is 12.3. The van der Waals surface area contributed by atoms with Crippen LogP contribution in [0.1, 0.15) is 42.1 Å². The van der Waals surface area contributed by atoms with Gasteiger partial charge < -0.3 is 15.6 Å². The van der Waals surface area contributed by atoms with Gasteiger partial charge in [-0.25, -0.2) is 4.79 Å². The number of benzene rings is 2. The quantitative estimate of drug-likeness (QED) is 0.804. The predicted molar refractivity (Wildman–Crippen MR) is 83.0 cm³/mol. The fourth-order valence-electron chi connectivity index (χ4n) is 2.03. The summed E-state index contributed by atoms with van der Waals surface area (Å²) in [4.78, 5) is 11.2. The van der Waals surface area contributed by atoms with E-state index in [1.807, 2.05) is 24.3 Å². The van der Waals surface area contributed by atoms with Gasteiger partial charge >= 0.3 is 5.97 Å². The van der Waals surface area contributed by atoms with Crippen molar-refractivity contribution in [3.8, 4) is 11.5 Å². The molecule has 2 rings (SSSR count). The molecule has 0 bridgehead atoms. The number of anilines is 1. The van der Waals surface area contributed by atoms with Crippen molar-refractivity contribution >= 4 is 11.7 Å². The molecule has 0 aliphatic carbocycles. The molecule has 0 amide bonds. The summed E-state index contributed by atoms with van der Waals surface area (Å²) in [6.45, 7) is 4.31. The fourth-order valence-corrected chi connectivity index (χ4v) is 2.03. The molecule has 0 heterocycles. The number of carboxylic acids is 1. The first-order valence-electron chi connectivity index (χ1n) is 6.92. The normalized spacial score (nSPS) is 11.9. The molecule has 0 radical (unpaired) electrons. The van der Waals surface area contributed by atoms with Crippen molar-refractivity contribution in [2.75, 3.05) is 5.73 Å². The van der Waals surface area contributed by atoms with Gasteiger partial charge in [-0.1, -0.05) is 26.0 Å². The molecule has 2 aromatic rings. The van der Waals surface area contributed by atoms with Crippen LogP contribution in [-0.2, 0) is 0 Å². The molecule has 0 spiro atoms. The minimum Gasteiger partial charge on any atom is -0.478 e. The first-order valence-corrected chi connectivity index (χ1v) is 6.92. The smallest absolute Gasteiger partial charge is 0.339 e. The van der Waals surface area contributed by atoms with Crippen molar-refractivity contribution in [3.05, 3.63) is 53.6 Å². The molecular formula is C17H19NO3. The predicted octanol–water partition coefficient (Wildman–Crippen LogP) is 4.27. The molecule has 3 N–H and O–H groups in total. The molecule has 0 fully saturated rings. The van der Waals surface area contributed by atoms with Crippen LogP contribution in [0.25, 0.3) is 0 Å². The second kappa shape index (κ2) is 6.31. The van der Waals surface area contributed by atoms with Crippen molar-refractivity contribution in [2.24, 2.45) is 0 Å². The van der Waals surface area contributed by atoms with Gasteiger partial charge in [0.2, 0.25) is 0 Å². The summed E-state index contributed by atoms with van der Waals surface area (Å²) in [7, 11) is 0. The van der Waals surface area contributed by atoms with Gasteiger partial charge in [0.1, 0.15) is 17.1 Å². The van der Waals surface area contributed by atoms with Crippen LogP contribution < -0.4 is 10.5 Å². The summed E-state index contributed by atoms with van der Waals surface area (Å²) >= 11 is 0. The SMILES string of the molecule is CCC(C)c1ccc(Oc2ccc(N)cc2C(=O)O)cc1. The monoisotopic (exact) mass is 285 g/mol. The Morgan fingerprint density at radius 2 is 1.90 bits per heavy atom. The topological polar surface area (TPSA) is 72.5 Å². The Balaban J connectivity index is 2.24. The van der Waals surface area contributed by atoms with Crippen molar-refractivity contribution in [3.63, 3.8) is 0 Å². The van der Waals surface area contributed by atoms with Crippen molar-refractivity contribution in [1.29, 1.82) is 0 Å². The summed E-state index contributed by atoms with van der Waals surface area (Å²) < 4.78 is 5.66. The molecule has 4 heteroatoms. The molecule has 2 aromatic carbocycles. The van der Waals surface area contributed by atoms with Crippen molar-refractivity contribution in [2.45, 2.75) is 26.2 Å². The van der Waals surface area contributed by atoms with E-state index in [1.54, 1.807) is 12.1 Å². The van der Waals surface area contributed by atoms with E-state index in [1.165, 1.54) is 11.6 Å². The molecule has 1 atom stereocenters. The second-order valence-corrected chi connectivity index (χ2v) is 5.04. The maximum atomic E-state index is 11.2. The average molecular weight is 285 g/mol. The molecule has 0 aromatic heterocycles. The molecule has 1 unspecified atom stereocenters. The largest absolute Gasteiger partial charge is 0.478 e. The van der Waals surface area contributed by atoms with Crippen LogP contribution in [0.4, 0.5) is 5.69 Å². The lowest BCUT2D eigenvalue weighted by Crippen LogP contribution is -2.01. The third-order valence-electron chi connectivity index (χ3n) is 3.52. The van der Waals surface area contributed by atoms with E-state index in [-0.39, 0.29) is 11.3 Å². The molecule has 0 saturated heterocycles. The highest BCUT2D eigenvalue weighted by atomic mass is 16.5. The molecular weight excluding hydrogens is 266 g/mol. The molecule has 4 nitrogen and oxygen atoms in total. The maximum absolute atomic E-state index is 11.2. The summed E-state index contributed by atoms with van der Waals surface area (Å²) in [6.07, 6.45) is 1.07. The van der Waals surface area contributed by atoms with E-state index in [4.69, 9.17) is 10.5 Å². The first-order chi connectivity index (χ1) is 10.0. The van der Waals surface area contributed by atoms with E-state index in [2.05, 4.69) is 13.8 Å². The Hall–Kier alpha value is -2.49. The van der Waals surface area contributed by atoms with Crippen LogP contribution in [0.5, 0.6) is 11.5 Å². The maximum Gasteiger partial charge on any atom is 0.339 e. The number of hydrogen-bond acceptors (Lipinski definition) is 3.